The summed E-state index contributed by atoms with van der Waals surface area (Å²) in [6.45, 7) is 2.49. The lowest BCUT2D eigenvalue weighted by atomic mass is 10.1. The molecule has 0 amide bonds. The van der Waals surface area contributed by atoms with Crippen LogP contribution in [-0.2, 0) is 25.9 Å². The van der Waals surface area contributed by atoms with Crippen LogP contribution in [0.25, 0.3) is 0 Å². The Morgan fingerprint density at radius 1 is 1.00 bits per heavy atom. The molecule has 21 heavy (non-hydrogen) atoms. The lowest BCUT2D eigenvalue weighted by Gasteiger charge is -2.07. The number of hydrogen-bond donors (Lipinski definition) is 2. The van der Waals surface area contributed by atoms with Crippen molar-refractivity contribution in [3.63, 3.8) is 0 Å². The molecule has 0 heterocycles. The van der Waals surface area contributed by atoms with Gasteiger partial charge in [0.05, 0.1) is 13.2 Å². The maximum atomic E-state index is 11.1. The van der Waals surface area contributed by atoms with Gasteiger partial charge in [0.1, 0.15) is 0 Å². The monoisotopic (exact) mass is 338 g/mol. The molecule has 0 atom stereocenters. The highest BCUT2D eigenvalue weighted by atomic mass is 32.5. The molecule has 5 nitrogen and oxygen atoms in total. The van der Waals surface area contributed by atoms with Crippen molar-refractivity contribution in [2.24, 2.45) is 0 Å². The van der Waals surface area contributed by atoms with Gasteiger partial charge < -0.3 is 19.0 Å². The van der Waals surface area contributed by atoms with Crippen LogP contribution in [0, 0.1) is 0 Å². The molecule has 0 bridgehead atoms. The number of hydrogen-bond acceptors (Lipinski definition) is 4. The molecular weight excluding hydrogens is 311 g/mol. The van der Waals surface area contributed by atoms with Gasteiger partial charge in [0.25, 0.3) is 0 Å². The Hall–Kier alpha value is -0.260. The second kappa shape index (κ2) is 12.3. The summed E-state index contributed by atoms with van der Waals surface area (Å²) in [6, 6.07) is 0. The third-order valence-corrected chi connectivity index (χ3v) is 3.71. The number of unbranched alkanes of at least 4 members (excludes halogenated alkanes) is 7. The number of carbonyl (C=O) groups is 1. The fraction of sp³-hybridized carbons (Fsp3) is 0.786. The molecule has 0 fully saturated rings. The minimum Gasteiger partial charge on any atom is -0.462 e. The average Bonchev–Trinajstić information content (AvgIpc) is 2.38. The first-order valence-electron chi connectivity index (χ1n) is 7.35. The second-order valence-electron chi connectivity index (χ2n) is 5.07. The first-order valence-corrected chi connectivity index (χ1v) is 9.98. The fourth-order valence-electron chi connectivity index (χ4n) is 1.74. The molecule has 0 aromatic rings. The predicted octanol–water partition coefficient (Wildman–Crippen LogP) is 3.45. The Balaban J connectivity index is 3.18. The highest BCUT2D eigenvalue weighted by molar-refractivity contribution is 8.06. The molecule has 7 heteroatoms. The lowest BCUT2D eigenvalue weighted by molar-refractivity contribution is -0.139. The molecule has 0 aliphatic rings. The van der Waals surface area contributed by atoms with Crippen LogP contribution in [0.3, 0.4) is 0 Å². The van der Waals surface area contributed by atoms with Gasteiger partial charge in [-0.1, -0.05) is 45.1 Å². The smallest absolute Gasteiger partial charge is 0.333 e. The van der Waals surface area contributed by atoms with Crippen LogP contribution < -0.4 is 0 Å². The topological polar surface area (TPSA) is 76.0 Å². The van der Waals surface area contributed by atoms with Crippen LogP contribution in [0.5, 0.6) is 0 Å². The van der Waals surface area contributed by atoms with E-state index in [1.165, 1.54) is 0 Å². The summed E-state index contributed by atoms with van der Waals surface area (Å²) >= 11 is 4.35. The number of esters is 1. The van der Waals surface area contributed by atoms with E-state index in [1.54, 1.807) is 6.92 Å². The lowest BCUT2D eigenvalue weighted by Crippen LogP contribution is -2.05. The second-order valence-corrected chi connectivity index (χ2v) is 7.73. The summed E-state index contributed by atoms with van der Waals surface area (Å²) in [5.74, 6) is -0.312. The summed E-state index contributed by atoms with van der Waals surface area (Å²) in [4.78, 5) is 28.8. The molecule has 0 unspecified atom stereocenters. The molecule has 124 valence electrons. The van der Waals surface area contributed by atoms with Crippen molar-refractivity contribution in [3.05, 3.63) is 12.2 Å². The Morgan fingerprint density at radius 2 is 1.43 bits per heavy atom. The third-order valence-electron chi connectivity index (χ3n) is 2.88. The standard InChI is InChI=1S/C14H27O5PS/c1-13(2)14(15)18-11-9-7-5-3-4-6-8-10-12-19-20(16,17)21/h1,3-12H2,2H3,(H2,16,17,21). The zero-order valence-corrected chi connectivity index (χ0v) is 14.5. The van der Waals surface area contributed by atoms with Crippen LogP contribution in [0.2, 0.25) is 0 Å². The molecule has 0 saturated carbocycles. The number of ether oxygens (including phenoxy) is 1. The van der Waals surface area contributed by atoms with Gasteiger partial charge in [-0.3, -0.25) is 0 Å². The summed E-state index contributed by atoms with van der Waals surface area (Å²) in [6.07, 6.45) is 8.31. The van der Waals surface area contributed by atoms with E-state index in [0.717, 1.165) is 51.4 Å². The minimum absolute atomic E-state index is 0.312. The van der Waals surface area contributed by atoms with Gasteiger partial charge in [-0.2, -0.15) is 0 Å². The van der Waals surface area contributed by atoms with E-state index in [0.29, 0.717) is 18.8 Å². The molecular formula is C14H27O5PS. The van der Waals surface area contributed by atoms with Crippen molar-refractivity contribution < 1.29 is 23.8 Å². The van der Waals surface area contributed by atoms with Crippen molar-refractivity contribution in [2.45, 2.75) is 58.3 Å². The van der Waals surface area contributed by atoms with Gasteiger partial charge in [-0.15, -0.1) is 0 Å². The zero-order valence-electron chi connectivity index (χ0n) is 12.8. The van der Waals surface area contributed by atoms with Gasteiger partial charge in [0, 0.05) is 5.57 Å². The predicted molar refractivity (Wildman–Crippen MR) is 87.4 cm³/mol. The quantitative estimate of drug-likeness (QED) is 0.232. The largest absolute Gasteiger partial charge is 0.462 e. The molecule has 0 aromatic heterocycles. The highest BCUT2D eigenvalue weighted by Gasteiger charge is 2.06. The Kier molecular flexibility index (Phi) is 12.1. The maximum absolute atomic E-state index is 11.1. The van der Waals surface area contributed by atoms with E-state index >= 15 is 0 Å². The fourth-order valence-corrected chi connectivity index (χ4v) is 2.33. The summed E-state index contributed by atoms with van der Waals surface area (Å²) in [5, 5.41) is 0. The van der Waals surface area contributed by atoms with Crippen LogP contribution in [0.1, 0.15) is 58.3 Å². The summed E-state index contributed by atoms with van der Waals surface area (Å²) in [7, 11) is 0. The van der Waals surface area contributed by atoms with Crippen molar-refractivity contribution in [3.8, 4) is 0 Å². The van der Waals surface area contributed by atoms with Gasteiger partial charge in [0.2, 0.25) is 0 Å². The van der Waals surface area contributed by atoms with Crippen molar-refractivity contribution in [1.29, 1.82) is 0 Å². The van der Waals surface area contributed by atoms with E-state index in [2.05, 4.69) is 18.4 Å². The van der Waals surface area contributed by atoms with Crippen molar-refractivity contribution >= 4 is 24.5 Å². The van der Waals surface area contributed by atoms with Gasteiger partial charge in [-0.25, -0.2) is 4.79 Å². The van der Waals surface area contributed by atoms with E-state index in [9.17, 15) is 4.79 Å². The normalized spacial score (nSPS) is 11.4. The summed E-state index contributed by atoms with van der Waals surface area (Å²) in [5.41, 5.74) is 0.441. The van der Waals surface area contributed by atoms with Crippen LogP contribution >= 0.6 is 6.72 Å². The Bertz CT molecular complexity index is 353. The average molecular weight is 338 g/mol. The maximum Gasteiger partial charge on any atom is 0.333 e. The Morgan fingerprint density at radius 3 is 1.86 bits per heavy atom. The minimum atomic E-state index is -3.46. The van der Waals surface area contributed by atoms with Gasteiger partial charge >= 0.3 is 12.7 Å². The molecule has 0 aliphatic heterocycles. The molecule has 0 saturated heterocycles. The molecule has 2 N–H and O–H groups in total. The van der Waals surface area contributed by atoms with Crippen LogP contribution in [-0.4, -0.2) is 29.0 Å². The van der Waals surface area contributed by atoms with E-state index in [4.69, 9.17) is 19.0 Å². The molecule has 0 aromatic carbocycles. The highest BCUT2D eigenvalue weighted by Crippen LogP contribution is 2.36. The number of carbonyl (C=O) groups excluding carboxylic acids is 1. The SMILES string of the molecule is C=C(C)C(=O)OCCCCCCCCCCOP(O)(O)=S. The molecule has 0 aliphatic carbocycles. The van der Waals surface area contributed by atoms with E-state index in [1.807, 2.05) is 0 Å². The summed E-state index contributed by atoms with van der Waals surface area (Å²) < 4.78 is 9.73. The molecule has 0 spiro atoms. The van der Waals surface area contributed by atoms with Crippen LogP contribution in [0.15, 0.2) is 12.2 Å². The number of rotatable bonds is 13. The van der Waals surface area contributed by atoms with Gasteiger partial charge in [0.15, 0.2) is 0 Å². The first kappa shape index (κ1) is 20.7. The molecule has 0 rings (SSSR count). The van der Waals surface area contributed by atoms with Crippen LogP contribution in [0.4, 0.5) is 0 Å². The van der Waals surface area contributed by atoms with E-state index in [-0.39, 0.29) is 5.97 Å². The van der Waals surface area contributed by atoms with Gasteiger partial charge in [-0.05, 0) is 31.6 Å². The Labute approximate surface area is 132 Å². The zero-order chi connectivity index (χ0) is 16.1. The third kappa shape index (κ3) is 15.9. The first-order chi connectivity index (χ1) is 9.83. The molecule has 0 radical (unpaired) electrons. The van der Waals surface area contributed by atoms with Crippen molar-refractivity contribution in [1.82, 2.24) is 0 Å². The van der Waals surface area contributed by atoms with E-state index < -0.39 is 6.72 Å². The van der Waals surface area contributed by atoms with Crippen molar-refractivity contribution in [2.75, 3.05) is 13.2 Å².